The zero-order chi connectivity index (χ0) is 27.2. The second-order valence-electron chi connectivity index (χ2n) is 7.63. The third kappa shape index (κ3) is 7.39. The van der Waals surface area contributed by atoms with Crippen molar-refractivity contribution in [3.05, 3.63) is 71.3 Å². The van der Waals surface area contributed by atoms with Gasteiger partial charge in [0.15, 0.2) is 0 Å². The van der Waals surface area contributed by atoms with E-state index in [-0.39, 0.29) is 16.4 Å². The van der Waals surface area contributed by atoms with Gasteiger partial charge in [-0.2, -0.15) is 31.6 Å². The molecule has 0 aliphatic rings. The average Bonchev–Trinajstić information content (AvgIpc) is 2.85. The number of hydrogen-bond acceptors (Lipinski definition) is 5. The summed E-state index contributed by atoms with van der Waals surface area (Å²) in [5.74, 6) is -0.759. The Morgan fingerprint density at radius 3 is 2.35 bits per heavy atom. The number of carbonyl (C=O) groups is 1. The van der Waals surface area contributed by atoms with E-state index >= 15 is 0 Å². The van der Waals surface area contributed by atoms with Gasteiger partial charge in [-0.3, -0.25) is 4.79 Å². The van der Waals surface area contributed by atoms with Crippen LogP contribution in [0.25, 0.3) is 11.3 Å². The maximum Gasteiger partial charge on any atom is 0.417 e. The number of alkyl halides is 6. The van der Waals surface area contributed by atoms with Gasteiger partial charge in [0.05, 0.1) is 34.7 Å². The molecule has 1 heterocycles. The lowest BCUT2D eigenvalue weighted by Crippen LogP contribution is -2.16. The first-order valence-electron chi connectivity index (χ1n) is 10.8. The third-order valence-electron chi connectivity index (χ3n) is 4.84. The van der Waals surface area contributed by atoms with Gasteiger partial charge in [-0.15, -0.1) is 0 Å². The van der Waals surface area contributed by atoms with E-state index in [4.69, 9.17) is 4.74 Å². The molecule has 194 valence electrons. The summed E-state index contributed by atoms with van der Waals surface area (Å²) in [7, 11) is 0. The Morgan fingerprint density at radius 2 is 1.76 bits per heavy atom. The first-order valence-corrected chi connectivity index (χ1v) is 11.8. The molecule has 0 radical (unpaired) electrons. The fraction of sp³-hybridized carbons (Fsp3) is 0.240. The molecule has 12 heteroatoms. The number of nitriles is 1. The van der Waals surface area contributed by atoms with Crippen LogP contribution >= 0.6 is 11.8 Å². The van der Waals surface area contributed by atoms with E-state index in [1.54, 1.807) is 12.1 Å². The number of hydrogen-bond donors (Lipinski definition) is 1. The van der Waals surface area contributed by atoms with Crippen molar-refractivity contribution in [1.82, 2.24) is 4.98 Å². The van der Waals surface area contributed by atoms with Crippen LogP contribution in [0.4, 0.5) is 32.0 Å². The molecular formula is C25H19F6N3O2S. The van der Waals surface area contributed by atoms with Crippen LogP contribution in [-0.4, -0.2) is 23.3 Å². The summed E-state index contributed by atoms with van der Waals surface area (Å²) >= 11 is 0.570. The Labute approximate surface area is 212 Å². The number of aromatic nitrogens is 1. The topological polar surface area (TPSA) is 75.0 Å². The molecule has 1 amide bonds. The first-order chi connectivity index (χ1) is 17.4. The molecule has 3 aromatic rings. The fourth-order valence-corrected chi connectivity index (χ4v) is 3.95. The summed E-state index contributed by atoms with van der Waals surface area (Å²) in [6, 6.07) is 12.4. The number of nitrogens with one attached hydrogen (secondary N) is 1. The van der Waals surface area contributed by atoms with Gasteiger partial charge in [0.2, 0.25) is 5.91 Å². The molecule has 0 fully saturated rings. The quantitative estimate of drug-likeness (QED) is 0.243. The number of pyridine rings is 1. The summed E-state index contributed by atoms with van der Waals surface area (Å²) in [6.07, 6.45) is -8.71. The molecule has 0 saturated heterocycles. The number of rotatable bonds is 8. The van der Waals surface area contributed by atoms with Gasteiger partial charge in [0, 0.05) is 11.3 Å². The highest BCUT2D eigenvalue weighted by atomic mass is 32.2. The van der Waals surface area contributed by atoms with Crippen molar-refractivity contribution >= 4 is 23.4 Å². The molecule has 1 aromatic heterocycles. The van der Waals surface area contributed by atoms with Crippen LogP contribution in [-0.2, 0) is 17.1 Å². The molecule has 2 aromatic carbocycles. The molecule has 0 atom stereocenters. The van der Waals surface area contributed by atoms with Crippen molar-refractivity contribution in [2.24, 2.45) is 0 Å². The normalized spacial score (nSPS) is 11.6. The molecule has 0 aliphatic heterocycles. The Morgan fingerprint density at radius 1 is 1.05 bits per heavy atom. The highest BCUT2D eigenvalue weighted by molar-refractivity contribution is 8.00. The number of amides is 1. The van der Waals surface area contributed by atoms with E-state index in [1.807, 2.05) is 6.92 Å². The zero-order valence-corrected chi connectivity index (χ0v) is 20.0. The highest BCUT2D eigenvalue weighted by Crippen LogP contribution is 2.38. The predicted molar refractivity (Wildman–Crippen MR) is 126 cm³/mol. The minimum absolute atomic E-state index is 0.0749. The molecule has 0 saturated carbocycles. The number of anilines is 1. The molecular weight excluding hydrogens is 520 g/mol. The Bertz CT molecular complexity index is 1300. The van der Waals surface area contributed by atoms with Gasteiger partial charge < -0.3 is 10.1 Å². The second-order valence-corrected chi connectivity index (χ2v) is 8.60. The van der Waals surface area contributed by atoms with Crippen LogP contribution in [0.3, 0.4) is 0 Å². The van der Waals surface area contributed by atoms with Crippen LogP contribution in [0, 0.1) is 11.3 Å². The number of ether oxygens (including phenoxy) is 1. The van der Waals surface area contributed by atoms with Crippen LogP contribution in [0.2, 0.25) is 0 Å². The van der Waals surface area contributed by atoms with Crippen LogP contribution in [0.1, 0.15) is 30.0 Å². The van der Waals surface area contributed by atoms with E-state index < -0.39 is 40.7 Å². The van der Waals surface area contributed by atoms with E-state index in [0.717, 1.165) is 30.7 Å². The van der Waals surface area contributed by atoms with Crippen molar-refractivity contribution in [2.75, 3.05) is 17.7 Å². The van der Waals surface area contributed by atoms with Crippen molar-refractivity contribution in [3.63, 3.8) is 0 Å². The highest BCUT2D eigenvalue weighted by Gasteiger charge is 2.36. The van der Waals surface area contributed by atoms with E-state index in [0.29, 0.717) is 29.7 Å². The number of benzene rings is 2. The van der Waals surface area contributed by atoms with Crippen molar-refractivity contribution < 1.29 is 35.9 Å². The van der Waals surface area contributed by atoms with Gasteiger partial charge in [-0.25, -0.2) is 4.98 Å². The molecule has 37 heavy (non-hydrogen) atoms. The summed E-state index contributed by atoms with van der Waals surface area (Å²) in [4.78, 5) is 16.5. The summed E-state index contributed by atoms with van der Waals surface area (Å²) in [5.41, 5.74) is -2.82. The number of nitrogens with zero attached hydrogens (tertiary/aromatic N) is 2. The Balaban J connectivity index is 1.87. The Hall–Kier alpha value is -3.72. The molecule has 3 rings (SSSR count). The van der Waals surface area contributed by atoms with Gasteiger partial charge in [-0.05, 0) is 55.0 Å². The largest absolute Gasteiger partial charge is 0.494 e. The molecule has 0 bridgehead atoms. The molecule has 5 nitrogen and oxygen atoms in total. The van der Waals surface area contributed by atoms with Crippen LogP contribution in [0.5, 0.6) is 5.75 Å². The van der Waals surface area contributed by atoms with E-state index in [2.05, 4.69) is 10.3 Å². The molecule has 1 N–H and O–H groups in total. The predicted octanol–water partition coefficient (Wildman–Crippen LogP) is 7.18. The van der Waals surface area contributed by atoms with Gasteiger partial charge in [0.25, 0.3) is 0 Å². The lowest BCUT2D eigenvalue weighted by molar-refractivity contribution is -0.138. The van der Waals surface area contributed by atoms with Crippen molar-refractivity contribution in [1.29, 1.82) is 5.26 Å². The lowest BCUT2D eigenvalue weighted by Gasteiger charge is -2.15. The average molecular weight is 540 g/mol. The monoisotopic (exact) mass is 539 g/mol. The van der Waals surface area contributed by atoms with Crippen LogP contribution in [0.15, 0.2) is 59.6 Å². The van der Waals surface area contributed by atoms with Crippen molar-refractivity contribution in [2.45, 2.75) is 30.7 Å². The summed E-state index contributed by atoms with van der Waals surface area (Å²) in [5, 5.41) is 11.4. The smallest absolute Gasteiger partial charge is 0.417 e. The lowest BCUT2D eigenvalue weighted by atomic mass is 10.1. The van der Waals surface area contributed by atoms with Crippen LogP contribution < -0.4 is 10.1 Å². The summed E-state index contributed by atoms with van der Waals surface area (Å²) < 4.78 is 85.4. The van der Waals surface area contributed by atoms with Crippen molar-refractivity contribution in [3.8, 4) is 23.1 Å². The minimum atomic E-state index is -4.87. The first kappa shape index (κ1) is 27.9. The Kier molecular flexibility index (Phi) is 8.70. The number of thioether (sulfide) groups is 1. The molecule has 0 aliphatic carbocycles. The second kappa shape index (κ2) is 11.6. The summed E-state index contributed by atoms with van der Waals surface area (Å²) in [6.45, 7) is 2.39. The third-order valence-corrected chi connectivity index (χ3v) is 5.82. The maximum atomic E-state index is 13.8. The van der Waals surface area contributed by atoms with E-state index in [9.17, 15) is 36.4 Å². The minimum Gasteiger partial charge on any atom is -0.494 e. The molecule has 0 unspecified atom stereocenters. The zero-order valence-electron chi connectivity index (χ0n) is 19.2. The van der Waals surface area contributed by atoms with Gasteiger partial charge in [-0.1, -0.05) is 24.8 Å². The number of halogens is 6. The van der Waals surface area contributed by atoms with Gasteiger partial charge >= 0.3 is 12.4 Å². The maximum absolute atomic E-state index is 13.8. The fourth-order valence-electron chi connectivity index (χ4n) is 3.15. The van der Waals surface area contributed by atoms with E-state index in [1.165, 1.54) is 24.3 Å². The molecule has 0 spiro atoms. The van der Waals surface area contributed by atoms with Gasteiger partial charge in [0.1, 0.15) is 16.8 Å². The standard InChI is InChI=1S/C25H19F6N3O2S/c1-2-10-36-18-8-6-15(7-9-18)21-12-20(25(29,30)31)19(13-32)23(34-21)37-14-22(35)33-17-5-3-4-16(11-17)24(26,27)28/h3-9,11-12H,2,10,14H2,1H3,(H,33,35). The SMILES string of the molecule is CCCOc1ccc(-c2cc(C(F)(F)F)c(C#N)c(SCC(=O)Nc3cccc(C(F)(F)F)c3)n2)cc1. The number of carbonyl (C=O) groups excluding carboxylic acids is 1.